The van der Waals surface area contributed by atoms with Gasteiger partial charge in [0.1, 0.15) is 5.69 Å². The van der Waals surface area contributed by atoms with Gasteiger partial charge < -0.3 is 5.32 Å². The van der Waals surface area contributed by atoms with Crippen LogP contribution in [-0.4, -0.2) is 15.3 Å². The normalized spacial score (nSPS) is 10.8. The van der Waals surface area contributed by atoms with Crippen molar-refractivity contribution in [1.29, 1.82) is 0 Å². The van der Waals surface area contributed by atoms with Crippen molar-refractivity contribution in [2.45, 2.75) is 27.2 Å². The van der Waals surface area contributed by atoms with Crippen molar-refractivity contribution in [3.63, 3.8) is 0 Å². The molecular formula is C21H23N3O2. The Balaban J connectivity index is 1.87. The lowest BCUT2D eigenvalue weighted by molar-refractivity contribution is -0.115. The number of amides is 1. The number of anilines is 1. The fourth-order valence-corrected chi connectivity index (χ4v) is 2.99. The van der Waals surface area contributed by atoms with Gasteiger partial charge in [0.05, 0.1) is 17.8 Å². The summed E-state index contributed by atoms with van der Waals surface area (Å²) in [5.74, 6) is -0.195. The van der Waals surface area contributed by atoms with Crippen LogP contribution in [0.3, 0.4) is 0 Å². The van der Waals surface area contributed by atoms with E-state index in [0.717, 1.165) is 16.8 Å². The molecule has 0 radical (unpaired) electrons. The summed E-state index contributed by atoms with van der Waals surface area (Å²) in [6.07, 6.45) is 0.236. The highest BCUT2D eigenvalue weighted by Gasteiger charge is 2.18. The molecule has 2 aromatic carbocycles. The summed E-state index contributed by atoms with van der Waals surface area (Å²) >= 11 is 0. The molecule has 0 bridgehead atoms. The largest absolute Gasteiger partial charge is 0.320 e. The van der Waals surface area contributed by atoms with Crippen LogP contribution in [0.4, 0.5) is 5.69 Å². The summed E-state index contributed by atoms with van der Waals surface area (Å²) in [5, 5.41) is 2.80. The SMILES string of the molecule is Cc1ccc(CC(=O)Nc2c(C)n(C)n(-c3ccccc3)c2=O)cc1C. The van der Waals surface area contributed by atoms with Gasteiger partial charge in [-0.15, -0.1) is 0 Å². The second kappa shape index (κ2) is 7.04. The lowest BCUT2D eigenvalue weighted by Gasteiger charge is -2.07. The molecule has 3 aromatic rings. The van der Waals surface area contributed by atoms with Crippen molar-refractivity contribution in [3.8, 4) is 5.69 Å². The number of benzene rings is 2. The van der Waals surface area contributed by atoms with E-state index in [1.165, 1.54) is 5.56 Å². The molecule has 3 rings (SSSR count). The third-order valence-electron chi connectivity index (χ3n) is 4.75. The zero-order valence-corrected chi connectivity index (χ0v) is 15.5. The highest BCUT2D eigenvalue weighted by atomic mass is 16.2. The van der Waals surface area contributed by atoms with Crippen LogP contribution in [0.15, 0.2) is 53.3 Å². The number of nitrogens with one attached hydrogen (secondary N) is 1. The predicted molar refractivity (Wildman–Crippen MR) is 104 cm³/mol. The van der Waals surface area contributed by atoms with Crippen molar-refractivity contribution in [1.82, 2.24) is 9.36 Å². The molecular weight excluding hydrogens is 326 g/mol. The number of aromatic nitrogens is 2. The van der Waals surface area contributed by atoms with Gasteiger partial charge in [0.25, 0.3) is 5.56 Å². The first kappa shape index (κ1) is 17.7. The first-order valence-electron chi connectivity index (χ1n) is 8.58. The maximum atomic E-state index is 12.8. The summed E-state index contributed by atoms with van der Waals surface area (Å²) < 4.78 is 3.31. The predicted octanol–water partition coefficient (Wildman–Crippen LogP) is 3.28. The van der Waals surface area contributed by atoms with Gasteiger partial charge in [0.2, 0.25) is 5.91 Å². The molecule has 0 spiro atoms. The van der Waals surface area contributed by atoms with E-state index in [0.29, 0.717) is 11.4 Å². The van der Waals surface area contributed by atoms with Gasteiger partial charge in [-0.2, -0.15) is 0 Å². The maximum Gasteiger partial charge on any atom is 0.295 e. The number of para-hydroxylation sites is 1. The molecule has 0 saturated carbocycles. The Morgan fingerprint density at radius 1 is 1.00 bits per heavy atom. The number of aryl methyl sites for hydroxylation is 2. The molecule has 1 aromatic heterocycles. The standard InChI is InChI=1S/C21H23N3O2/c1-14-10-11-17(12-15(14)2)13-19(25)22-20-16(3)23(4)24(21(20)26)18-8-6-5-7-9-18/h5-12H,13H2,1-4H3,(H,22,25). The van der Waals surface area contributed by atoms with Crippen LogP contribution in [0.2, 0.25) is 0 Å². The van der Waals surface area contributed by atoms with Gasteiger partial charge in [0, 0.05) is 7.05 Å². The second-order valence-corrected chi connectivity index (χ2v) is 6.58. The highest BCUT2D eigenvalue weighted by molar-refractivity contribution is 5.92. The fourth-order valence-electron chi connectivity index (χ4n) is 2.99. The van der Waals surface area contributed by atoms with E-state index in [1.54, 1.807) is 9.36 Å². The first-order chi connectivity index (χ1) is 12.4. The average molecular weight is 349 g/mol. The van der Waals surface area contributed by atoms with Crippen LogP contribution in [0.5, 0.6) is 0 Å². The van der Waals surface area contributed by atoms with Crippen molar-refractivity contribution >= 4 is 11.6 Å². The van der Waals surface area contributed by atoms with Gasteiger partial charge >= 0.3 is 0 Å². The van der Waals surface area contributed by atoms with Crippen molar-refractivity contribution in [2.75, 3.05) is 5.32 Å². The van der Waals surface area contributed by atoms with E-state index >= 15 is 0 Å². The van der Waals surface area contributed by atoms with Crippen LogP contribution < -0.4 is 10.9 Å². The molecule has 0 aliphatic rings. The molecule has 5 nitrogen and oxygen atoms in total. The maximum absolute atomic E-state index is 12.8. The third kappa shape index (κ3) is 3.33. The molecule has 0 unspecified atom stereocenters. The Hall–Kier alpha value is -3.08. The number of carbonyl (C=O) groups excluding carboxylic acids is 1. The molecule has 0 fully saturated rings. The van der Waals surface area contributed by atoms with E-state index in [-0.39, 0.29) is 17.9 Å². The number of rotatable bonds is 4. The minimum Gasteiger partial charge on any atom is -0.320 e. The monoisotopic (exact) mass is 349 g/mol. The van der Waals surface area contributed by atoms with Crippen molar-refractivity contribution in [3.05, 3.63) is 81.3 Å². The van der Waals surface area contributed by atoms with Gasteiger partial charge in [-0.25, -0.2) is 4.68 Å². The number of hydrogen-bond donors (Lipinski definition) is 1. The second-order valence-electron chi connectivity index (χ2n) is 6.58. The zero-order valence-electron chi connectivity index (χ0n) is 15.5. The van der Waals surface area contributed by atoms with Gasteiger partial charge in [-0.05, 0) is 49.6 Å². The summed E-state index contributed by atoms with van der Waals surface area (Å²) in [6, 6.07) is 15.3. The Kier molecular flexibility index (Phi) is 4.80. The van der Waals surface area contributed by atoms with Crippen LogP contribution in [-0.2, 0) is 18.3 Å². The molecule has 1 N–H and O–H groups in total. The van der Waals surface area contributed by atoms with Gasteiger partial charge in [-0.3, -0.25) is 14.3 Å². The van der Waals surface area contributed by atoms with E-state index in [9.17, 15) is 9.59 Å². The lowest BCUT2D eigenvalue weighted by atomic mass is 10.0. The van der Waals surface area contributed by atoms with Crippen LogP contribution >= 0.6 is 0 Å². The Morgan fingerprint density at radius 2 is 1.69 bits per heavy atom. The Morgan fingerprint density at radius 3 is 2.35 bits per heavy atom. The zero-order chi connectivity index (χ0) is 18.8. The lowest BCUT2D eigenvalue weighted by Crippen LogP contribution is -2.23. The number of carbonyl (C=O) groups is 1. The molecule has 26 heavy (non-hydrogen) atoms. The summed E-state index contributed by atoms with van der Waals surface area (Å²) in [6.45, 7) is 5.89. The van der Waals surface area contributed by atoms with Crippen molar-refractivity contribution < 1.29 is 4.79 Å². The van der Waals surface area contributed by atoms with Gasteiger partial charge in [0.15, 0.2) is 0 Å². The molecule has 0 aliphatic heterocycles. The minimum atomic E-state index is -0.232. The summed E-state index contributed by atoms with van der Waals surface area (Å²) in [4.78, 5) is 25.3. The average Bonchev–Trinajstić information content (AvgIpc) is 2.82. The molecule has 134 valence electrons. The first-order valence-corrected chi connectivity index (χ1v) is 8.58. The molecule has 0 atom stereocenters. The van der Waals surface area contributed by atoms with Crippen LogP contribution in [0.25, 0.3) is 5.69 Å². The summed E-state index contributed by atoms with van der Waals surface area (Å²) in [5.41, 5.74) is 4.85. The fraction of sp³-hybridized carbons (Fsp3) is 0.238. The minimum absolute atomic E-state index is 0.195. The molecule has 0 saturated heterocycles. The number of nitrogens with zero attached hydrogens (tertiary/aromatic N) is 2. The van der Waals surface area contributed by atoms with E-state index in [1.807, 2.05) is 76.3 Å². The van der Waals surface area contributed by atoms with Crippen molar-refractivity contribution in [2.24, 2.45) is 7.05 Å². The van der Waals surface area contributed by atoms with Gasteiger partial charge in [-0.1, -0.05) is 36.4 Å². The van der Waals surface area contributed by atoms with E-state index in [4.69, 9.17) is 0 Å². The Labute approximate surface area is 152 Å². The molecule has 1 amide bonds. The highest BCUT2D eigenvalue weighted by Crippen LogP contribution is 2.15. The topological polar surface area (TPSA) is 56.0 Å². The van der Waals surface area contributed by atoms with E-state index < -0.39 is 0 Å². The smallest absolute Gasteiger partial charge is 0.295 e. The van der Waals surface area contributed by atoms with Crippen LogP contribution in [0, 0.1) is 20.8 Å². The number of hydrogen-bond acceptors (Lipinski definition) is 2. The molecule has 5 heteroatoms. The quantitative estimate of drug-likeness (QED) is 0.786. The van der Waals surface area contributed by atoms with E-state index in [2.05, 4.69) is 5.32 Å². The Bertz CT molecular complexity index is 1010. The third-order valence-corrected chi connectivity index (χ3v) is 4.75. The molecule has 1 heterocycles. The molecule has 0 aliphatic carbocycles. The van der Waals surface area contributed by atoms with Crippen LogP contribution in [0.1, 0.15) is 22.4 Å². The summed E-state index contributed by atoms with van der Waals surface area (Å²) in [7, 11) is 1.81.